The fraction of sp³-hybridized carbons (Fsp3) is 0.412. The van der Waals surface area contributed by atoms with Crippen molar-refractivity contribution in [3.63, 3.8) is 0 Å². The molecular weight excluding hydrogens is 278 g/mol. The zero-order chi connectivity index (χ0) is 15.2. The molecule has 0 bridgehead atoms. The van der Waals surface area contributed by atoms with Gasteiger partial charge in [-0.3, -0.25) is 4.79 Å². The van der Waals surface area contributed by atoms with Gasteiger partial charge in [0.05, 0.1) is 6.20 Å². The Morgan fingerprint density at radius 1 is 1.36 bits per heavy atom. The molecule has 1 aromatic heterocycles. The molecule has 1 fully saturated rings. The molecule has 1 saturated heterocycles. The molecule has 0 unspecified atom stereocenters. The number of benzene rings is 1. The number of hydrogen-bond acceptors (Lipinski definition) is 4. The van der Waals surface area contributed by atoms with Gasteiger partial charge in [-0.2, -0.15) is 0 Å². The molecule has 0 radical (unpaired) electrons. The summed E-state index contributed by atoms with van der Waals surface area (Å²) in [6.45, 7) is 1.91. The second kappa shape index (κ2) is 7.22. The van der Waals surface area contributed by atoms with E-state index in [0.717, 1.165) is 37.3 Å². The second-order valence-electron chi connectivity index (χ2n) is 5.60. The first-order chi connectivity index (χ1) is 10.8. The Hall–Kier alpha value is -2.14. The minimum absolute atomic E-state index is 0.0631. The van der Waals surface area contributed by atoms with E-state index in [1.807, 2.05) is 30.3 Å². The van der Waals surface area contributed by atoms with Gasteiger partial charge in [0.2, 0.25) is 5.91 Å². The molecule has 1 atom stereocenters. The Morgan fingerprint density at radius 3 is 3.00 bits per heavy atom. The zero-order valence-electron chi connectivity index (χ0n) is 12.5. The van der Waals surface area contributed by atoms with Crippen molar-refractivity contribution < 1.29 is 9.21 Å². The number of carbonyl (C=O) groups excluding carboxylic acids is 1. The first kappa shape index (κ1) is 14.8. The SMILES string of the molecule is O=C(CCc1ncc(-c2ccccc2)o1)N[C@H]1CCCNC1. The lowest BCUT2D eigenvalue weighted by atomic mass is 10.1. The number of oxazole rings is 1. The molecule has 5 nitrogen and oxygen atoms in total. The van der Waals surface area contributed by atoms with Crippen LogP contribution in [0.5, 0.6) is 0 Å². The largest absolute Gasteiger partial charge is 0.441 e. The van der Waals surface area contributed by atoms with Crippen LogP contribution in [-0.4, -0.2) is 30.0 Å². The number of aryl methyl sites for hydroxylation is 1. The van der Waals surface area contributed by atoms with Gasteiger partial charge < -0.3 is 15.1 Å². The highest BCUT2D eigenvalue weighted by molar-refractivity contribution is 5.76. The summed E-state index contributed by atoms with van der Waals surface area (Å²) in [6, 6.07) is 10.1. The standard InChI is InChI=1S/C17H21N3O2/c21-16(20-14-7-4-10-18-11-14)8-9-17-19-12-15(22-17)13-5-2-1-3-6-13/h1-3,5-6,12,14,18H,4,7-11H2,(H,20,21)/t14-/m0/s1. The van der Waals surface area contributed by atoms with E-state index in [9.17, 15) is 4.79 Å². The number of aromatic nitrogens is 1. The number of amides is 1. The normalized spacial score (nSPS) is 18.1. The summed E-state index contributed by atoms with van der Waals surface area (Å²) in [4.78, 5) is 16.2. The van der Waals surface area contributed by atoms with Crippen LogP contribution in [0.2, 0.25) is 0 Å². The highest BCUT2D eigenvalue weighted by Gasteiger charge is 2.15. The van der Waals surface area contributed by atoms with Crippen molar-refractivity contribution in [2.24, 2.45) is 0 Å². The van der Waals surface area contributed by atoms with Crippen LogP contribution in [-0.2, 0) is 11.2 Å². The van der Waals surface area contributed by atoms with Gasteiger partial charge in [-0.25, -0.2) is 4.98 Å². The van der Waals surface area contributed by atoms with E-state index >= 15 is 0 Å². The minimum atomic E-state index is 0.0631. The predicted molar refractivity (Wildman–Crippen MR) is 84.3 cm³/mol. The summed E-state index contributed by atoms with van der Waals surface area (Å²) in [6.07, 6.45) is 4.82. The van der Waals surface area contributed by atoms with Gasteiger partial charge in [-0.1, -0.05) is 30.3 Å². The third-order valence-electron chi connectivity index (χ3n) is 3.84. The fourth-order valence-corrected chi connectivity index (χ4v) is 2.66. The fourth-order valence-electron chi connectivity index (χ4n) is 2.66. The Labute approximate surface area is 130 Å². The van der Waals surface area contributed by atoms with E-state index in [1.165, 1.54) is 0 Å². The van der Waals surface area contributed by atoms with Crippen LogP contribution < -0.4 is 10.6 Å². The Bertz CT molecular complexity index is 603. The molecule has 0 spiro atoms. The first-order valence-corrected chi connectivity index (χ1v) is 7.81. The predicted octanol–water partition coefficient (Wildman–Crippen LogP) is 2.14. The summed E-state index contributed by atoms with van der Waals surface area (Å²) in [5, 5.41) is 6.35. The molecule has 3 rings (SSSR count). The topological polar surface area (TPSA) is 67.2 Å². The van der Waals surface area contributed by atoms with E-state index < -0.39 is 0 Å². The molecule has 1 aromatic carbocycles. The van der Waals surface area contributed by atoms with Gasteiger partial charge in [0.15, 0.2) is 11.7 Å². The van der Waals surface area contributed by atoms with E-state index in [4.69, 9.17) is 4.42 Å². The van der Waals surface area contributed by atoms with E-state index in [0.29, 0.717) is 18.7 Å². The number of piperidine rings is 1. The molecule has 1 amide bonds. The maximum Gasteiger partial charge on any atom is 0.220 e. The van der Waals surface area contributed by atoms with Crippen molar-refractivity contribution >= 4 is 5.91 Å². The number of carbonyl (C=O) groups is 1. The van der Waals surface area contributed by atoms with E-state index in [-0.39, 0.29) is 11.9 Å². The molecule has 1 aliphatic rings. The molecule has 2 aromatic rings. The lowest BCUT2D eigenvalue weighted by molar-refractivity contribution is -0.121. The number of rotatable bonds is 5. The van der Waals surface area contributed by atoms with Crippen LogP contribution in [0.15, 0.2) is 40.9 Å². The number of hydrogen-bond donors (Lipinski definition) is 2. The molecule has 116 valence electrons. The van der Waals surface area contributed by atoms with Crippen molar-refractivity contribution in [2.45, 2.75) is 31.7 Å². The molecule has 5 heteroatoms. The van der Waals surface area contributed by atoms with Crippen LogP contribution >= 0.6 is 0 Å². The van der Waals surface area contributed by atoms with Crippen molar-refractivity contribution in [1.29, 1.82) is 0 Å². The lowest BCUT2D eigenvalue weighted by Crippen LogP contribution is -2.45. The maximum atomic E-state index is 12.0. The Kier molecular flexibility index (Phi) is 4.85. The van der Waals surface area contributed by atoms with Crippen molar-refractivity contribution in [1.82, 2.24) is 15.6 Å². The molecule has 22 heavy (non-hydrogen) atoms. The molecule has 0 aliphatic carbocycles. The Balaban J connectivity index is 1.49. The number of nitrogens with one attached hydrogen (secondary N) is 2. The van der Waals surface area contributed by atoms with Crippen LogP contribution in [0.3, 0.4) is 0 Å². The Morgan fingerprint density at radius 2 is 2.23 bits per heavy atom. The van der Waals surface area contributed by atoms with Gasteiger partial charge in [-0.05, 0) is 19.4 Å². The maximum absolute atomic E-state index is 12.0. The van der Waals surface area contributed by atoms with E-state index in [1.54, 1.807) is 6.20 Å². The van der Waals surface area contributed by atoms with Crippen LogP contribution in [0.4, 0.5) is 0 Å². The van der Waals surface area contributed by atoms with Gasteiger partial charge in [-0.15, -0.1) is 0 Å². The van der Waals surface area contributed by atoms with Gasteiger partial charge >= 0.3 is 0 Å². The minimum Gasteiger partial charge on any atom is -0.441 e. The second-order valence-corrected chi connectivity index (χ2v) is 5.60. The van der Waals surface area contributed by atoms with Crippen molar-refractivity contribution in [3.8, 4) is 11.3 Å². The summed E-state index contributed by atoms with van der Waals surface area (Å²) < 4.78 is 5.71. The molecular formula is C17H21N3O2. The quantitative estimate of drug-likeness (QED) is 0.887. The third-order valence-corrected chi connectivity index (χ3v) is 3.84. The average Bonchev–Trinajstić information content (AvgIpc) is 3.04. The highest BCUT2D eigenvalue weighted by Crippen LogP contribution is 2.20. The van der Waals surface area contributed by atoms with Gasteiger partial charge in [0.25, 0.3) is 0 Å². The van der Waals surface area contributed by atoms with Crippen molar-refractivity contribution in [2.75, 3.05) is 13.1 Å². The molecule has 2 N–H and O–H groups in total. The summed E-state index contributed by atoms with van der Waals surface area (Å²) >= 11 is 0. The average molecular weight is 299 g/mol. The lowest BCUT2D eigenvalue weighted by Gasteiger charge is -2.23. The smallest absolute Gasteiger partial charge is 0.220 e. The van der Waals surface area contributed by atoms with Crippen LogP contribution in [0, 0.1) is 0 Å². The van der Waals surface area contributed by atoms with Crippen LogP contribution in [0.25, 0.3) is 11.3 Å². The monoisotopic (exact) mass is 299 g/mol. The molecule has 1 aliphatic heterocycles. The van der Waals surface area contributed by atoms with Gasteiger partial charge in [0, 0.05) is 31.0 Å². The third kappa shape index (κ3) is 3.95. The molecule has 0 saturated carbocycles. The van der Waals surface area contributed by atoms with E-state index in [2.05, 4.69) is 15.6 Å². The highest BCUT2D eigenvalue weighted by atomic mass is 16.4. The zero-order valence-corrected chi connectivity index (χ0v) is 12.5. The first-order valence-electron chi connectivity index (χ1n) is 7.81. The number of nitrogens with zero attached hydrogens (tertiary/aromatic N) is 1. The van der Waals surface area contributed by atoms with Crippen LogP contribution in [0.1, 0.15) is 25.2 Å². The van der Waals surface area contributed by atoms with Crippen molar-refractivity contribution in [3.05, 3.63) is 42.4 Å². The summed E-state index contributed by atoms with van der Waals surface area (Å²) in [5.74, 6) is 1.41. The molecule has 2 heterocycles. The summed E-state index contributed by atoms with van der Waals surface area (Å²) in [5.41, 5.74) is 0.999. The van der Waals surface area contributed by atoms with Gasteiger partial charge in [0.1, 0.15) is 0 Å². The summed E-state index contributed by atoms with van der Waals surface area (Å²) in [7, 11) is 0.